The van der Waals surface area contributed by atoms with Crippen molar-refractivity contribution in [2.45, 2.75) is 6.42 Å². The van der Waals surface area contributed by atoms with Crippen LogP contribution in [-0.4, -0.2) is 13.2 Å². The lowest BCUT2D eigenvalue weighted by molar-refractivity contribution is 0.358. The van der Waals surface area contributed by atoms with Crippen molar-refractivity contribution in [3.8, 4) is 5.75 Å². The van der Waals surface area contributed by atoms with Crippen molar-refractivity contribution < 1.29 is 4.74 Å². The SMILES string of the molecule is C=CCOc1c(Br)cc(CCN)cc1Br. The van der Waals surface area contributed by atoms with Gasteiger partial charge < -0.3 is 10.5 Å². The van der Waals surface area contributed by atoms with E-state index < -0.39 is 0 Å². The Morgan fingerprint density at radius 3 is 2.40 bits per heavy atom. The topological polar surface area (TPSA) is 35.2 Å². The molecule has 0 amide bonds. The highest BCUT2D eigenvalue weighted by molar-refractivity contribution is 9.11. The van der Waals surface area contributed by atoms with Crippen LogP contribution in [0, 0.1) is 0 Å². The van der Waals surface area contributed by atoms with Crippen molar-refractivity contribution in [1.29, 1.82) is 0 Å². The van der Waals surface area contributed by atoms with Crippen molar-refractivity contribution in [2.24, 2.45) is 5.73 Å². The van der Waals surface area contributed by atoms with Gasteiger partial charge in [0.1, 0.15) is 12.4 Å². The third kappa shape index (κ3) is 3.63. The van der Waals surface area contributed by atoms with Crippen LogP contribution in [0.4, 0.5) is 0 Å². The van der Waals surface area contributed by atoms with Gasteiger partial charge >= 0.3 is 0 Å². The van der Waals surface area contributed by atoms with Crippen LogP contribution in [0.5, 0.6) is 5.75 Å². The first-order chi connectivity index (χ1) is 7.19. The minimum Gasteiger partial charge on any atom is -0.487 e. The summed E-state index contributed by atoms with van der Waals surface area (Å²) in [5.74, 6) is 0.802. The zero-order chi connectivity index (χ0) is 11.3. The zero-order valence-electron chi connectivity index (χ0n) is 8.30. The van der Waals surface area contributed by atoms with Gasteiger partial charge in [0.15, 0.2) is 0 Å². The standard InChI is InChI=1S/C11H13Br2NO/c1-2-5-15-11-9(12)6-8(3-4-14)7-10(11)13/h2,6-7H,1,3-5,14H2. The number of ether oxygens (including phenoxy) is 1. The molecule has 2 N–H and O–H groups in total. The largest absolute Gasteiger partial charge is 0.487 e. The Labute approximate surface area is 107 Å². The van der Waals surface area contributed by atoms with E-state index in [-0.39, 0.29) is 0 Å². The summed E-state index contributed by atoms with van der Waals surface area (Å²) in [6.07, 6.45) is 2.58. The van der Waals surface area contributed by atoms with Crippen molar-refractivity contribution in [3.63, 3.8) is 0 Å². The highest BCUT2D eigenvalue weighted by Crippen LogP contribution is 2.34. The Bertz CT molecular complexity index is 329. The second-order valence-electron chi connectivity index (χ2n) is 3.03. The van der Waals surface area contributed by atoms with E-state index >= 15 is 0 Å². The summed E-state index contributed by atoms with van der Waals surface area (Å²) in [6, 6.07) is 4.05. The third-order valence-electron chi connectivity index (χ3n) is 1.84. The molecule has 0 saturated carbocycles. The summed E-state index contributed by atoms with van der Waals surface area (Å²) in [6.45, 7) is 4.75. The molecule has 0 fully saturated rings. The fraction of sp³-hybridized carbons (Fsp3) is 0.273. The van der Waals surface area contributed by atoms with Crippen molar-refractivity contribution in [2.75, 3.05) is 13.2 Å². The maximum atomic E-state index is 5.51. The van der Waals surface area contributed by atoms with E-state index in [1.807, 2.05) is 12.1 Å². The number of hydrogen-bond acceptors (Lipinski definition) is 2. The molecule has 0 heterocycles. The molecule has 0 bridgehead atoms. The smallest absolute Gasteiger partial charge is 0.148 e. The fourth-order valence-corrected chi connectivity index (χ4v) is 2.71. The number of benzene rings is 1. The summed E-state index contributed by atoms with van der Waals surface area (Å²) in [5, 5.41) is 0. The molecule has 0 unspecified atom stereocenters. The van der Waals surface area contributed by atoms with Crippen LogP contribution in [0.25, 0.3) is 0 Å². The second-order valence-corrected chi connectivity index (χ2v) is 4.74. The number of hydrogen-bond donors (Lipinski definition) is 1. The molecule has 82 valence electrons. The van der Waals surface area contributed by atoms with E-state index in [4.69, 9.17) is 10.5 Å². The summed E-state index contributed by atoms with van der Waals surface area (Å²) < 4.78 is 7.37. The molecule has 2 nitrogen and oxygen atoms in total. The Hall–Kier alpha value is -0.320. The van der Waals surface area contributed by atoms with Gasteiger partial charge in [0.05, 0.1) is 8.95 Å². The molecule has 0 aliphatic carbocycles. The van der Waals surface area contributed by atoms with E-state index in [1.165, 1.54) is 5.56 Å². The van der Waals surface area contributed by atoms with Crippen LogP contribution in [0.3, 0.4) is 0 Å². The molecular formula is C11H13Br2NO. The van der Waals surface area contributed by atoms with Gasteiger partial charge in [-0.2, -0.15) is 0 Å². The van der Waals surface area contributed by atoms with Gasteiger partial charge in [-0.3, -0.25) is 0 Å². The van der Waals surface area contributed by atoms with Gasteiger partial charge in [0.2, 0.25) is 0 Å². The van der Waals surface area contributed by atoms with E-state index in [2.05, 4.69) is 38.4 Å². The van der Waals surface area contributed by atoms with E-state index in [1.54, 1.807) is 6.08 Å². The molecule has 0 radical (unpaired) electrons. The fourth-order valence-electron chi connectivity index (χ4n) is 1.20. The first-order valence-electron chi connectivity index (χ1n) is 4.60. The number of halogens is 2. The quantitative estimate of drug-likeness (QED) is 0.839. The maximum Gasteiger partial charge on any atom is 0.148 e. The Kier molecular flexibility index (Phi) is 5.36. The molecule has 0 aliphatic rings. The molecule has 1 rings (SSSR count). The minimum atomic E-state index is 0.493. The molecule has 0 aliphatic heterocycles. The maximum absolute atomic E-state index is 5.51. The zero-order valence-corrected chi connectivity index (χ0v) is 11.5. The minimum absolute atomic E-state index is 0.493. The summed E-state index contributed by atoms with van der Waals surface area (Å²) >= 11 is 6.94. The first-order valence-corrected chi connectivity index (χ1v) is 6.19. The van der Waals surface area contributed by atoms with Gasteiger partial charge in [0, 0.05) is 0 Å². The summed E-state index contributed by atoms with van der Waals surface area (Å²) in [4.78, 5) is 0. The van der Waals surface area contributed by atoms with Crippen LogP contribution in [0.1, 0.15) is 5.56 Å². The molecular weight excluding hydrogens is 322 g/mol. The molecule has 4 heteroatoms. The molecule has 15 heavy (non-hydrogen) atoms. The van der Waals surface area contributed by atoms with E-state index in [9.17, 15) is 0 Å². The van der Waals surface area contributed by atoms with Gasteiger partial charge in [-0.15, -0.1) is 0 Å². The summed E-state index contributed by atoms with van der Waals surface area (Å²) in [7, 11) is 0. The second kappa shape index (κ2) is 6.30. The lowest BCUT2D eigenvalue weighted by Gasteiger charge is -2.10. The monoisotopic (exact) mass is 333 g/mol. The van der Waals surface area contributed by atoms with Gasteiger partial charge in [-0.05, 0) is 62.5 Å². The summed E-state index contributed by atoms with van der Waals surface area (Å²) in [5.41, 5.74) is 6.69. The van der Waals surface area contributed by atoms with Crippen LogP contribution in [0.15, 0.2) is 33.7 Å². The van der Waals surface area contributed by atoms with Gasteiger partial charge in [-0.25, -0.2) is 0 Å². The van der Waals surface area contributed by atoms with Crippen LogP contribution >= 0.6 is 31.9 Å². The Balaban J connectivity index is 2.93. The lowest BCUT2D eigenvalue weighted by Crippen LogP contribution is -2.03. The molecule has 1 aromatic rings. The lowest BCUT2D eigenvalue weighted by atomic mass is 10.1. The molecule has 0 spiro atoms. The average Bonchev–Trinajstić information content (AvgIpc) is 2.17. The van der Waals surface area contributed by atoms with E-state index in [0.29, 0.717) is 13.2 Å². The highest BCUT2D eigenvalue weighted by atomic mass is 79.9. The van der Waals surface area contributed by atoms with Crippen molar-refractivity contribution >= 4 is 31.9 Å². The predicted octanol–water partition coefficient (Wildman–Crippen LogP) is 3.28. The van der Waals surface area contributed by atoms with Gasteiger partial charge in [0.25, 0.3) is 0 Å². The number of nitrogens with two attached hydrogens (primary N) is 1. The van der Waals surface area contributed by atoms with Crippen molar-refractivity contribution in [1.82, 2.24) is 0 Å². The average molecular weight is 335 g/mol. The molecule has 0 aromatic heterocycles. The molecule has 1 aromatic carbocycles. The normalized spacial score (nSPS) is 10.1. The molecule has 0 saturated heterocycles. The first kappa shape index (κ1) is 12.7. The molecule has 0 atom stereocenters. The predicted molar refractivity (Wildman–Crippen MR) is 70.3 cm³/mol. The van der Waals surface area contributed by atoms with Crippen LogP contribution in [0.2, 0.25) is 0 Å². The van der Waals surface area contributed by atoms with Crippen LogP contribution < -0.4 is 10.5 Å². The van der Waals surface area contributed by atoms with Crippen molar-refractivity contribution in [3.05, 3.63) is 39.3 Å². The number of rotatable bonds is 5. The highest BCUT2D eigenvalue weighted by Gasteiger charge is 2.07. The van der Waals surface area contributed by atoms with Gasteiger partial charge in [-0.1, -0.05) is 12.7 Å². The Morgan fingerprint density at radius 2 is 1.93 bits per heavy atom. The Morgan fingerprint density at radius 1 is 1.33 bits per heavy atom. The van der Waals surface area contributed by atoms with E-state index in [0.717, 1.165) is 21.1 Å². The third-order valence-corrected chi connectivity index (χ3v) is 3.01. The van der Waals surface area contributed by atoms with Crippen LogP contribution in [-0.2, 0) is 6.42 Å².